The van der Waals surface area contributed by atoms with Gasteiger partial charge in [0.05, 0.1) is 0 Å². The second-order valence-electron chi connectivity index (χ2n) is 3.66. The van der Waals surface area contributed by atoms with E-state index in [1.165, 1.54) is 0 Å². The van der Waals surface area contributed by atoms with E-state index < -0.39 is 5.97 Å². The van der Waals surface area contributed by atoms with Gasteiger partial charge in [-0.15, -0.1) is 0 Å². The van der Waals surface area contributed by atoms with Crippen LogP contribution in [0.3, 0.4) is 0 Å². The van der Waals surface area contributed by atoms with Crippen molar-refractivity contribution in [3.63, 3.8) is 0 Å². The Morgan fingerprint density at radius 2 is 1.94 bits per heavy atom. The largest absolute Gasteiger partial charge is 0.481 e. The Hall–Kier alpha value is -1.55. The molecule has 0 aliphatic heterocycles. The van der Waals surface area contributed by atoms with Crippen LogP contribution in [0, 0.1) is 0 Å². The molecule has 0 saturated heterocycles. The molecule has 0 aliphatic carbocycles. The van der Waals surface area contributed by atoms with Crippen LogP contribution in [0.1, 0.15) is 25.7 Å². The molecular formula is C12H14ClNO3. The van der Waals surface area contributed by atoms with Crippen molar-refractivity contribution in [3.05, 3.63) is 29.3 Å². The second-order valence-corrected chi connectivity index (χ2v) is 4.10. The highest BCUT2D eigenvalue weighted by Crippen LogP contribution is 2.15. The van der Waals surface area contributed by atoms with Crippen molar-refractivity contribution in [2.24, 2.45) is 0 Å². The van der Waals surface area contributed by atoms with Crippen LogP contribution in [0.15, 0.2) is 24.3 Å². The number of aliphatic carboxylic acids is 1. The molecule has 0 spiro atoms. The molecule has 0 bridgehead atoms. The van der Waals surface area contributed by atoms with Crippen molar-refractivity contribution in [1.82, 2.24) is 0 Å². The van der Waals surface area contributed by atoms with Gasteiger partial charge in [0, 0.05) is 23.6 Å². The van der Waals surface area contributed by atoms with Crippen LogP contribution >= 0.6 is 11.6 Å². The van der Waals surface area contributed by atoms with Crippen LogP contribution in [0.5, 0.6) is 0 Å². The van der Waals surface area contributed by atoms with Crippen molar-refractivity contribution in [2.75, 3.05) is 5.32 Å². The fourth-order valence-electron chi connectivity index (χ4n) is 1.35. The first kappa shape index (κ1) is 13.5. The van der Waals surface area contributed by atoms with E-state index in [2.05, 4.69) is 5.32 Å². The lowest BCUT2D eigenvalue weighted by Gasteiger charge is -2.04. The number of rotatable bonds is 6. The summed E-state index contributed by atoms with van der Waals surface area (Å²) in [7, 11) is 0. The third-order valence-corrected chi connectivity index (χ3v) is 2.39. The molecule has 0 radical (unpaired) electrons. The standard InChI is InChI=1S/C12H14ClNO3/c13-9-4-3-5-10(8-9)14-11(15)6-1-2-7-12(16)17/h3-5,8H,1-2,6-7H2,(H,14,15)(H,16,17). The molecular weight excluding hydrogens is 242 g/mol. The molecule has 4 nitrogen and oxygen atoms in total. The van der Waals surface area contributed by atoms with E-state index in [4.69, 9.17) is 16.7 Å². The molecule has 1 amide bonds. The van der Waals surface area contributed by atoms with Crippen molar-refractivity contribution in [1.29, 1.82) is 0 Å². The van der Waals surface area contributed by atoms with Crippen molar-refractivity contribution >= 4 is 29.2 Å². The Morgan fingerprint density at radius 1 is 1.24 bits per heavy atom. The quantitative estimate of drug-likeness (QED) is 0.768. The summed E-state index contributed by atoms with van der Waals surface area (Å²) in [6.07, 6.45) is 1.50. The molecule has 0 fully saturated rings. The van der Waals surface area contributed by atoms with E-state index in [1.807, 2.05) is 0 Å². The monoisotopic (exact) mass is 255 g/mol. The fraction of sp³-hybridized carbons (Fsp3) is 0.333. The molecule has 1 aromatic carbocycles. The minimum atomic E-state index is -0.833. The lowest BCUT2D eigenvalue weighted by atomic mass is 10.2. The van der Waals surface area contributed by atoms with E-state index in [-0.39, 0.29) is 12.3 Å². The number of anilines is 1. The van der Waals surface area contributed by atoms with Gasteiger partial charge in [-0.05, 0) is 31.0 Å². The number of nitrogens with one attached hydrogen (secondary N) is 1. The van der Waals surface area contributed by atoms with Gasteiger partial charge in [-0.2, -0.15) is 0 Å². The van der Waals surface area contributed by atoms with Gasteiger partial charge >= 0.3 is 5.97 Å². The third-order valence-electron chi connectivity index (χ3n) is 2.15. The number of carboxylic acid groups (broad SMARTS) is 1. The SMILES string of the molecule is O=C(O)CCCCC(=O)Nc1cccc(Cl)c1. The summed E-state index contributed by atoms with van der Waals surface area (Å²) >= 11 is 5.77. The Morgan fingerprint density at radius 3 is 2.59 bits per heavy atom. The number of benzene rings is 1. The van der Waals surface area contributed by atoms with Gasteiger partial charge < -0.3 is 10.4 Å². The van der Waals surface area contributed by atoms with Crippen molar-refractivity contribution < 1.29 is 14.7 Å². The maximum atomic E-state index is 11.5. The van der Waals surface area contributed by atoms with Crippen LogP contribution in [0.2, 0.25) is 5.02 Å². The zero-order valence-electron chi connectivity index (χ0n) is 9.28. The molecule has 17 heavy (non-hydrogen) atoms. The van der Waals surface area contributed by atoms with Crippen LogP contribution in [0.25, 0.3) is 0 Å². The Labute approximate surface area is 105 Å². The normalized spacial score (nSPS) is 9.94. The highest BCUT2D eigenvalue weighted by Gasteiger charge is 2.03. The maximum Gasteiger partial charge on any atom is 0.303 e. The highest BCUT2D eigenvalue weighted by atomic mass is 35.5. The number of carbonyl (C=O) groups excluding carboxylic acids is 1. The summed E-state index contributed by atoms with van der Waals surface area (Å²) in [5, 5.41) is 11.7. The predicted octanol–water partition coefficient (Wildman–Crippen LogP) is 2.92. The van der Waals surface area contributed by atoms with Gasteiger partial charge in [-0.3, -0.25) is 9.59 Å². The minimum absolute atomic E-state index is 0.102. The maximum absolute atomic E-state index is 11.5. The van der Waals surface area contributed by atoms with E-state index >= 15 is 0 Å². The van der Waals surface area contributed by atoms with E-state index in [0.717, 1.165) is 0 Å². The molecule has 0 aromatic heterocycles. The summed E-state index contributed by atoms with van der Waals surface area (Å²) in [5.41, 5.74) is 0.653. The number of carbonyl (C=O) groups is 2. The average molecular weight is 256 g/mol. The minimum Gasteiger partial charge on any atom is -0.481 e. The Kier molecular flexibility index (Phi) is 5.49. The number of unbranched alkanes of at least 4 members (excludes halogenated alkanes) is 1. The summed E-state index contributed by atoms with van der Waals surface area (Å²) in [6.45, 7) is 0. The molecule has 0 aliphatic rings. The van der Waals surface area contributed by atoms with Gasteiger partial charge in [0.25, 0.3) is 0 Å². The summed E-state index contributed by atoms with van der Waals surface area (Å²) in [4.78, 5) is 21.7. The van der Waals surface area contributed by atoms with Gasteiger partial charge in [-0.1, -0.05) is 17.7 Å². The van der Waals surface area contributed by atoms with Gasteiger partial charge in [-0.25, -0.2) is 0 Å². The highest BCUT2D eigenvalue weighted by molar-refractivity contribution is 6.30. The second kappa shape index (κ2) is 6.91. The van der Waals surface area contributed by atoms with Gasteiger partial charge in [0.1, 0.15) is 0 Å². The summed E-state index contributed by atoms with van der Waals surface area (Å²) in [5.74, 6) is -0.960. The van der Waals surface area contributed by atoms with Crippen LogP contribution in [-0.2, 0) is 9.59 Å². The van der Waals surface area contributed by atoms with E-state index in [9.17, 15) is 9.59 Å². The zero-order valence-corrected chi connectivity index (χ0v) is 10.0. The number of hydrogen-bond donors (Lipinski definition) is 2. The molecule has 92 valence electrons. The topological polar surface area (TPSA) is 66.4 Å². The number of halogens is 1. The molecule has 5 heteroatoms. The molecule has 0 heterocycles. The number of hydrogen-bond acceptors (Lipinski definition) is 2. The summed E-state index contributed by atoms with van der Waals surface area (Å²) in [6, 6.07) is 6.89. The lowest BCUT2D eigenvalue weighted by Crippen LogP contribution is -2.11. The molecule has 0 atom stereocenters. The number of carboxylic acids is 1. The number of amides is 1. The molecule has 2 N–H and O–H groups in total. The van der Waals surface area contributed by atoms with Gasteiger partial charge in [0.2, 0.25) is 5.91 Å². The third kappa shape index (κ3) is 5.92. The first-order valence-electron chi connectivity index (χ1n) is 5.35. The van der Waals surface area contributed by atoms with E-state index in [0.29, 0.717) is 30.0 Å². The summed E-state index contributed by atoms with van der Waals surface area (Å²) < 4.78 is 0. The first-order valence-corrected chi connectivity index (χ1v) is 5.73. The average Bonchev–Trinajstić information content (AvgIpc) is 2.24. The van der Waals surface area contributed by atoms with Crippen molar-refractivity contribution in [3.8, 4) is 0 Å². The van der Waals surface area contributed by atoms with Gasteiger partial charge in [0.15, 0.2) is 0 Å². The predicted molar refractivity (Wildman–Crippen MR) is 66.2 cm³/mol. The van der Waals surface area contributed by atoms with Crippen molar-refractivity contribution in [2.45, 2.75) is 25.7 Å². The molecule has 1 rings (SSSR count). The molecule has 0 unspecified atom stereocenters. The van der Waals surface area contributed by atoms with E-state index in [1.54, 1.807) is 24.3 Å². The zero-order chi connectivity index (χ0) is 12.7. The van der Waals surface area contributed by atoms with Crippen LogP contribution < -0.4 is 5.32 Å². The Bertz CT molecular complexity index is 406. The fourth-order valence-corrected chi connectivity index (χ4v) is 1.54. The van der Waals surface area contributed by atoms with Crippen LogP contribution in [-0.4, -0.2) is 17.0 Å². The lowest BCUT2D eigenvalue weighted by molar-refractivity contribution is -0.137. The molecule has 0 saturated carbocycles. The molecule has 1 aromatic rings. The first-order chi connectivity index (χ1) is 8.08. The smallest absolute Gasteiger partial charge is 0.303 e. The Balaban J connectivity index is 2.27. The van der Waals surface area contributed by atoms with Crippen LogP contribution in [0.4, 0.5) is 5.69 Å².